The zero-order valence-electron chi connectivity index (χ0n) is 9.81. The Morgan fingerprint density at radius 2 is 2.21 bits per heavy atom. The quantitative estimate of drug-likeness (QED) is 0.839. The number of benzene rings is 1. The molecule has 0 saturated carbocycles. The summed E-state index contributed by atoms with van der Waals surface area (Å²) in [5, 5.41) is 0.514. The van der Waals surface area contributed by atoms with E-state index in [9.17, 15) is 13.6 Å². The van der Waals surface area contributed by atoms with Crippen LogP contribution in [0.3, 0.4) is 0 Å². The first-order valence-corrected chi connectivity index (χ1v) is 6.48. The van der Waals surface area contributed by atoms with Crippen LogP contribution in [0.25, 0.3) is 5.69 Å². The lowest BCUT2D eigenvalue weighted by molar-refractivity contribution is -0.128. The number of alkyl halides is 2. The number of carbonyl (C=O) groups is 1. The molecule has 3 nitrogen and oxygen atoms in total. The molecule has 0 spiro atoms. The molecule has 1 heterocycles. The molecular weight excluding hydrogens is 294 g/mol. The standard InChI is InChI=1S/C12H9ClF2N2OS/c1-7-6-17(9-4-2-3-8(13)5-9)12(19-7)16-11(18)10(14)15/h2-6,10H,1H3. The van der Waals surface area contributed by atoms with Crippen molar-refractivity contribution >= 4 is 28.8 Å². The van der Waals surface area contributed by atoms with E-state index < -0.39 is 12.3 Å². The topological polar surface area (TPSA) is 34.4 Å². The van der Waals surface area contributed by atoms with Gasteiger partial charge in [0.1, 0.15) is 0 Å². The number of aromatic nitrogens is 1. The summed E-state index contributed by atoms with van der Waals surface area (Å²) in [5.41, 5.74) is 0.665. The Kier molecular flexibility index (Phi) is 4.11. The van der Waals surface area contributed by atoms with Crippen molar-refractivity contribution in [1.29, 1.82) is 0 Å². The summed E-state index contributed by atoms with van der Waals surface area (Å²) in [7, 11) is 0. The fraction of sp³-hybridized carbons (Fsp3) is 0.167. The van der Waals surface area contributed by atoms with Crippen molar-refractivity contribution in [3.05, 3.63) is 45.2 Å². The molecule has 2 aromatic rings. The summed E-state index contributed by atoms with van der Waals surface area (Å²) in [4.78, 5) is 15.5. The Labute approximate surface area is 116 Å². The van der Waals surface area contributed by atoms with Gasteiger partial charge in [0.05, 0.1) is 0 Å². The highest BCUT2D eigenvalue weighted by molar-refractivity contribution is 7.09. The lowest BCUT2D eigenvalue weighted by atomic mass is 10.3. The number of aryl methyl sites for hydroxylation is 1. The van der Waals surface area contributed by atoms with E-state index in [2.05, 4.69) is 4.99 Å². The molecule has 0 atom stereocenters. The van der Waals surface area contributed by atoms with Gasteiger partial charge in [0.25, 0.3) is 0 Å². The molecule has 0 fully saturated rings. The van der Waals surface area contributed by atoms with E-state index in [0.29, 0.717) is 10.7 Å². The maximum Gasteiger partial charge on any atom is 0.317 e. The molecule has 0 aliphatic carbocycles. The summed E-state index contributed by atoms with van der Waals surface area (Å²) >= 11 is 7.04. The monoisotopic (exact) mass is 302 g/mol. The lowest BCUT2D eigenvalue weighted by Crippen LogP contribution is -2.17. The molecule has 2 rings (SSSR count). The third-order valence-electron chi connectivity index (χ3n) is 2.25. The Morgan fingerprint density at radius 3 is 2.84 bits per heavy atom. The second kappa shape index (κ2) is 5.63. The zero-order chi connectivity index (χ0) is 14.0. The first-order chi connectivity index (χ1) is 8.97. The van der Waals surface area contributed by atoms with Crippen LogP contribution < -0.4 is 4.80 Å². The third-order valence-corrected chi connectivity index (χ3v) is 3.38. The smallest absolute Gasteiger partial charge is 0.292 e. The second-order valence-electron chi connectivity index (χ2n) is 3.72. The predicted molar refractivity (Wildman–Crippen MR) is 70.0 cm³/mol. The highest BCUT2D eigenvalue weighted by atomic mass is 35.5. The van der Waals surface area contributed by atoms with Gasteiger partial charge in [-0.1, -0.05) is 17.7 Å². The summed E-state index contributed by atoms with van der Waals surface area (Å²) in [6.07, 6.45) is -1.39. The van der Waals surface area contributed by atoms with Crippen LogP contribution in [-0.4, -0.2) is 16.9 Å². The molecule has 0 unspecified atom stereocenters. The van der Waals surface area contributed by atoms with Crippen LogP contribution in [0.2, 0.25) is 5.02 Å². The van der Waals surface area contributed by atoms with E-state index in [1.165, 1.54) is 0 Å². The minimum Gasteiger partial charge on any atom is -0.292 e. The molecular formula is C12H9ClF2N2OS. The Bertz CT molecular complexity index is 678. The molecule has 100 valence electrons. The van der Waals surface area contributed by atoms with Crippen molar-refractivity contribution in [3.63, 3.8) is 0 Å². The first kappa shape index (κ1) is 13.9. The van der Waals surface area contributed by atoms with Gasteiger partial charge in [0, 0.05) is 21.8 Å². The number of hydrogen-bond donors (Lipinski definition) is 0. The third kappa shape index (κ3) is 3.27. The normalized spacial score (nSPS) is 12.2. The molecule has 19 heavy (non-hydrogen) atoms. The molecule has 0 N–H and O–H groups in total. The number of rotatable bonds is 2. The van der Waals surface area contributed by atoms with E-state index in [1.807, 2.05) is 0 Å². The fourth-order valence-electron chi connectivity index (χ4n) is 1.49. The van der Waals surface area contributed by atoms with Crippen LogP contribution in [0, 0.1) is 6.92 Å². The van der Waals surface area contributed by atoms with Gasteiger partial charge in [-0.25, -0.2) is 0 Å². The van der Waals surface area contributed by atoms with Crippen molar-refractivity contribution in [3.8, 4) is 5.69 Å². The maximum atomic E-state index is 12.3. The molecule has 0 aliphatic heterocycles. The van der Waals surface area contributed by atoms with Gasteiger partial charge < -0.3 is 0 Å². The first-order valence-electron chi connectivity index (χ1n) is 5.29. The van der Waals surface area contributed by atoms with Gasteiger partial charge in [-0.05, 0) is 25.1 Å². The van der Waals surface area contributed by atoms with E-state index in [1.54, 1.807) is 42.0 Å². The number of amides is 1. The molecule has 0 radical (unpaired) electrons. The zero-order valence-corrected chi connectivity index (χ0v) is 11.4. The largest absolute Gasteiger partial charge is 0.317 e. The molecule has 1 aromatic carbocycles. The summed E-state index contributed by atoms with van der Waals surface area (Å²) in [6.45, 7) is 1.80. The van der Waals surface area contributed by atoms with E-state index in [-0.39, 0.29) is 4.80 Å². The SMILES string of the molecule is Cc1cn(-c2cccc(Cl)c2)c(=NC(=O)C(F)F)s1. The van der Waals surface area contributed by atoms with E-state index >= 15 is 0 Å². The van der Waals surface area contributed by atoms with Crippen LogP contribution in [0.4, 0.5) is 8.78 Å². The summed E-state index contributed by atoms with van der Waals surface area (Å²) in [6, 6.07) is 6.85. The van der Waals surface area contributed by atoms with Crippen molar-refractivity contribution < 1.29 is 13.6 Å². The molecule has 1 aromatic heterocycles. The van der Waals surface area contributed by atoms with Crippen molar-refractivity contribution in [2.75, 3.05) is 0 Å². The minimum atomic E-state index is -3.10. The average Bonchev–Trinajstić information content (AvgIpc) is 2.70. The van der Waals surface area contributed by atoms with Crippen LogP contribution in [0.15, 0.2) is 35.5 Å². The van der Waals surface area contributed by atoms with Gasteiger partial charge in [-0.15, -0.1) is 11.3 Å². The summed E-state index contributed by atoms with van der Waals surface area (Å²) < 4.78 is 26.1. The Hall–Kier alpha value is -1.53. The average molecular weight is 303 g/mol. The second-order valence-corrected chi connectivity index (χ2v) is 5.37. The molecule has 0 saturated heterocycles. The summed E-state index contributed by atoms with van der Waals surface area (Å²) in [5.74, 6) is -1.45. The number of carbonyl (C=O) groups excluding carboxylic acids is 1. The minimum absolute atomic E-state index is 0.199. The van der Waals surface area contributed by atoms with E-state index in [4.69, 9.17) is 11.6 Å². The fourth-order valence-corrected chi connectivity index (χ4v) is 2.51. The Morgan fingerprint density at radius 1 is 1.47 bits per heavy atom. The van der Waals surface area contributed by atoms with Crippen LogP contribution in [-0.2, 0) is 4.79 Å². The number of nitrogens with zero attached hydrogens (tertiary/aromatic N) is 2. The number of halogens is 3. The van der Waals surface area contributed by atoms with Crippen LogP contribution in [0.5, 0.6) is 0 Å². The van der Waals surface area contributed by atoms with Gasteiger partial charge in [-0.2, -0.15) is 13.8 Å². The van der Waals surface area contributed by atoms with Gasteiger partial charge in [0.15, 0.2) is 4.80 Å². The van der Waals surface area contributed by atoms with Gasteiger partial charge in [0.2, 0.25) is 0 Å². The number of thiazole rings is 1. The number of hydrogen-bond acceptors (Lipinski definition) is 2. The highest BCUT2D eigenvalue weighted by Crippen LogP contribution is 2.15. The molecule has 0 bridgehead atoms. The predicted octanol–water partition coefficient (Wildman–Crippen LogP) is 3.19. The maximum absolute atomic E-state index is 12.3. The van der Waals surface area contributed by atoms with Gasteiger partial charge in [-0.3, -0.25) is 9.36 Å². The van der Waals surface area contributed by atoms with Crippen LogP contribution >= 0.6 is 22.9 Å². The molecule has 1 amide bonds. The van der Waals surface area contributed by atoms with Crippen molar-refractivity contribution in [2.45, 2.75) is 13.3 Å². The van der Waals surface area contributed by atoms with Crippen molar-refractivity contribution in [2.24, 2.45) is 4.99 Å². The lowest BCUT2D eigenvalue weighted by Gasteiger charge is -2.02. The van der Waals surface area contributed by atoms with Crippen molar-refractivity contribution in [1.82, 2.24) is 4.57 Å². The highest BCUT2D eigenvalue weighted by Gasteiger charge is 2.14. The van der Waals surface area contributed by atoms with E-state index in [0.717, 1.165) is 16.2 Å². The molecule has 0 aliphatic rings. The molecule has 7 heteroatoms. The van der Waals surface area contributed by atoms with Crippen LogP contribution in [0.1, 0.15) is 4.88 Å². The van der Waals surface area contributed by atoms with Gasteiger partial charge >= 0.3 is 12.3 Å². The Balaban J connectivity index is 2.56.